The number of aromatic nitrogens is 2. The molecule has 3 aromatic rings. The average Bonchev–Trinajstić information content (AvgIpc) is 2.62. The van der Waals surface area contributed by atoms with E-state index in [4.69, 9.17) is 0 Å². The summed E-state index contributed by atoms with van der Waals surface area (Å²) in [5.74, 6) is 0.137. The smallest absolute Gasteiger partial charge is 0.274 e. The van der Waals surface area contributed by atoms with E-state index in [1.807, 2.05) is 51.1 Å². The normalized spacial score (nSPS) is 10.5. The molecule has 0 spiro atoms. The first kappa shape index (κ1) is 17.6. The van der Waals surface area contributed by atoms with Crippen LogP contribution < -0.4 is 10.6 Å². The third-order valence-corrected chi connectivity index (χ3v) is 4.38. The fraction of sp³-hybridized carbons (Fsp3) is 0.190. The number of carbonyl (C=O) groups is 1. The fourth-order valence-electron chi connectivity index (χ4n) is 2.61. The summed E-state index contributed by atoms with van der Waals surface area (Å²) in [4.78, 5) is 21.2. The number of aryl methyl sites for hydroxylation is 3. The lowest BCUT2D eigenvalue weighted by Gasteiger charge is -2.11. The van der Waals surface area contributed by atoms with E-state index in [0.29, 0.717) is 11.6 Å². The molecule has 1 amide bonds. The van der Waals surface area contributed by atoms with Crippen LogP contribution in [0.5, 0.6) is 0 Å². The Morgan fingerprint density at radius 1 is 0.923 bits per heavy atom. The summed E-state index contributed by atoms with van der Waals surface area (Å²) in [7, 11) is 0. The molecule has 132 valence electrons. The number of carbonyl (C=O) groups excluding carboxylic acids is 1. The molecule has 0 bridgehead atoms. The van der Waals surface area contributed by atoms with Crippen LogP contribution in [0.2, 0.25) is 0 Å². The summed E-state index contributed by atoms with van der Waals surface area (Å²) < 4.78 is 0. The van der Waals surface area contributed by atoms with Crippen molar-refractivity contribution in [1.29, 1.82) is 0 Å². The van der Waals surface area contributed by atoms with E-state index in [1.165, 1.54) is 5.56 Å². The van der Waals surface area contributed by atoms with Crippen molar-refractivity contribution >= 4 is 23.2 Å². The maximum absolute atomic E-state index is 12.6. The molecule has 2 aromatic carbocycles. The van der Waals surface area contributed by atoms with Crippen molar-refractivity contribution in [1.82, 2.24) is 9.97 Å². The molecular formula is C21H22N4O. The van der Waals surface area contributed by atoms with Crippen molar-refractivity contribution in [2.24, 2.45) is 0 Å². The maximum atomic E-state index is 12.6. The molecule has 5 heteroatoms. The van der Waals surface area contributed by atoms with Crippen LogP contribution >= 0.6 is 0 Å². The monoisotopic (exact) mass is 346 g/mol. The second kappa shape index (κ2) is 7.35. The predicted octanol–water partition coefficient (Wildman–Crippen LogP) is 4.71. The van der Waals surface area contributed by atoms with Crippen LogP contribution in [0.1, 0.15) is 32.7 Å². The van der Waals surface area contributed by atoms with Gasteiger partial charge in [-0.05, 0) is 68.1 Å². The number of hydrogen-bond acceptors (Lipinski definition) is 4. The van der Waals surface area contributed by atoms with Gasteiger partial charge < -0.3 is 10.6 Å². The highest BCUT2D eigenvalue weighted by Gasteiger charge is 2.11. The van der Waals surface area contributed by atoms with Crippen molar-refractivity contribution in [2.75, 3.05) is 10.6 Å². The van der Waals surface area contributed by atoms with Crippen molar-refractivity contribution in [2.45, 2.75) is 27.7 Å². The number of nitrogens with zero attached hydrogens (tertiary/aromatic N) is 2. The largest absolute Gasteiger partial charge is 0.324 e. The molecule has 5 nitrogen and oxygen atoms in total. The third kappa shape index (κ3) is 3.88. The number of rotatable bonds is 4. The van der Waals surface area contributed by atoms with Gasteiger partial charge >= 0.3 is 0 Å². The zero-order valence-electron chi connectivity index (χ0n) is 15.4. The Kier molecular flexibility index (Phi) is 4.98. The van der Waals surface area contributed by atoms with Crippen LogP contribution in [0, 0.1) is 27.7 Å². The molecule has 0 aliphatic carbocycles. The topological polar surface area (TPSA) is 66.9 Å². The van der Waals surface area contributed by atoms with Crippen molar-refractivity contribution in [3.8, 4) is 0 Å². The first-order valence-electron chi connectivity index (χ1n) is 8.49. The second-order valence-corrected chi connectivity index (χ2v) is 6.41. The van der Waals surface area contributed by atoms with Gasteiger partial charge in [0.25, 0.3) is 5.91 Å². The van der Waals surface area contributed by atoms with E-state index in [-0.39, 0.29) is 5.91 Å². The maximum Gasteiger partial charge on any atom is 0.274 e. The summed E-state index contributed by atoms with van der Waals surface area (Å²) >= 11 is 0. The first-order chi connectivity index (χ1) is 12.4. The quantitative estimate of drug-likeness (QED) is 0.718. The molecule has 3 rings (SSSR count). The van der Waals surface area contributed by atoms with Gasteiger partial charge in [0.1, 0.15) is 5.69 Å². The lowest BCUT2D eigenvalue weighted by atomic mass is 10.1. The van der Waals surface area contributed by atoms with Gasteiger partial charge in [-0.1, -0.05) is 24.3 Å². The van der Waals surface area contributed by atoms with Gasteiger partial charge in [-0.15, -0.1) is 0 Å². The zero-order valence-corrected chi connectivity index (χ0v) is 15.4. The first-order valence-corrected chi connectivity index (χ1v) is 8.49. The minimum absolute atomic E-state index is 0.259. The Balaban J connectivity index is 1.81. The predicted molar refractivity (Wildman–Crippen MR) is 105 cm³/mol. The van der Waals surface area contributed by atoms with Crippen molar-refractivity contribution in [3.63, 3.8) is 0 Å². The summed E-state index contributed by atoms with van der Waals surface area (Å²) in [6.07, 6.45) is 1.58. The SMILES string of the molecule is Cc1ccc(C)c(NC(=O)c2ccnc(Nc3cccc(C)c3C)n2)c1. The fourth-order valence-corrected chi connectivity index (χ4v) is 2.61. The lowest BCUT2D eigenvalue weighted by Crippen LogP contribution is -2.15. The average molecular weight is 346 g/mol. The molecule has 1 heterocycles. The van der Waals surface area contributed by atoms with Crippen molar-refractivity contribution in [3.05, 3.63) is 76.6 Å². The summed E-state index contributed by atoms with van der Waals surface area (Å²) in [6.45, 7) is 8.04. The van der Waals surface area contributed by atoms with Crippen molar-refractivity contribution < 1.29 is 4.79 Å². The molecule has 0 saturated carbocycles. The van der Waals surface area contributed by atoms with Crippen LogP contribution in [-0.4, -0.2) is 15.9 Å². The lowest BCUT2D eigenvalue weighted by molar-refractivity contribution is 0.102. The molecule has 0 saturated heterocycles. The number of amides is 1. The molecule has 0 unspecified atom stereocenters. The Hall–Kier alpha value is -3.21. The minimum Gasteiger partial charge on any atom is -0.324 e. The van der Waals surface area contributed by atoms with Gasteiger partial charge in [0, 0.05) is 17.6 Å². The molecule has 2 N–H and O–H groups in total. The van der Waals surface area contributed by atoms with Crippen LogP contribution in [0.15, 0.2) is 48.7 Å². The summed E-state index contributed by atoms with van der Waals surface area (Å²) in [5, 5.41) is 6.11. The Morgan fingerprint density at radius 3 is 2.54 bits per heavy atom. The minimum atomic E-state index is -0.259. The van der Waals surface area contributed by atoms with Gasteiger partial charge in [-0.3, -0.25) is 4.79 Å². The van der Waals surface area contributed by atoms with Gasteiger partial charge in [0.05, 0.1) is 0 Å². The van der Waals surface area contributed by atoms with Gasteiger partial charge in [0.15, 0.2) is 0 Å². The van der Waals surface area contributed by atoms with Gasteiger partial charge in [-0.2, -0.15) is 0 Å². The standard InChI is InChI=1S/C21H22N4O/c1-13-8-9-15(3)19(12-13)23-20(26)18-10-11-22-21(25-18)24-17-7-5-6-14(2)16(17)4/h5-12H,1-4H3,(H,23,26)(H,22,24,25). The highest BCUT2D eigenvalue weighted by atomic mass is 16.1. The molecule has 0 atom stereocenters. The molecule has 0 radical (unpaired) electrons. The van der Waals surface area contributed by atoms with Crippen LogP contribution in [0.4, 0.5) is 17.3 Å². The number of benzene rings is 2. The molecular weight excluding hydrogens is 324 g/mol. The zero-order chi connectivity index (χ0) is 18.7. The number of anilines is 3. The Morgan fingerprint density at radius 2 is 1.73 bits per heavy atom. The highest BCUT2D eigenvalue weighted by molar-refractivity contribution is 6.03. The van der Waals surface area contributed by atoms with E-state index in [1.54, 1.807) is 12.3 Å². The van der Waals surface area contributed by atoms with E-state index in [2.05, 4.69) is 33.6 Å². The molecule has 0 aliphatic heterocycles. The van der Waals surface area contributed by atoms with Crippen LogP contribution in [0.3, 0.4) is 0 Å². The molecule has 26 heavy (non-hydrogen) atoms. The molecule has 0 aliphatic rings. The summed E-state index contributed by atoms with van der Waals surface area (Å²) in [5.41, 5.74) is 6.43. The van der Waals surface area contributed by atoms with E-state index >= 15 is 0 Å². The third-order valence-electron chi connectivity index (χ3n) is 4.38. The van der Waals surface area contributed by atoms with E-state index < -0.39 is 0 Å². The van der Waals surface area contributed by atoms with Crippen LogP contribution in [-0.2, 0) is 0 Å². The Bertz CT molecular complexity index is 966. The van der Waals surface area contributed by atoms with Gasteiger partial charge in [0.2, 0.25) is 5.95 Å². The molecule has 1 aromatic heterocycles. The second-order valence-electron chi connectivity index (χ2n) is 6.41. The van der Waals surface area contributed by atoms with E-state index in [9.17, 15) is 4.79 Å². The highest BCUT2D eigenvalue weighted by Crippen LogP contribution is 2.21. The van der Waals surface area contributed by atoms with Gasteiger partial charge in [-0.25, -0.2) is 9.97 Å². The van der Waals surface area contributed by atoms with Crippen LogP contribution in [0.25, 0.3) is 0 Å². The summed E-state index contributed by atoms with van der Waals surface area (Å²) in [6, 6.07) is 13.5. The van der Waals surface area contributed by atoms with E-state index in [0.717, 1.165) is 28.1 Å². The number of nitrogens with one attached hydrogen (secondary N) is 2. The number of hydrogen-bond donors (Lipinski definition) is 2. The Labute approximate surface area is 153 Å². The molecule has 0 fully saturated rings.